The van der Waals surface area contributed by atoms with Gasteiger partial charge in [-0.05, 0) is 0 Å². The van der Waals surface area contributed by atoms with Gasteiger partial charge in [0.25, 0.3) is 0 Å². The van der Waals surface area contributed by atoms with E-state index in [0.29, 0.717) is 13.3 Å². The molecule has 0 atom stereocenters. The van der Waals surface area contributed by atoms with Crippen LogP contribution in [0.2, 0.25) is 0 Å². The molecule has 0 rings (SSSR count). The Hall–Kier alpha value is 4.00. The molecule has 0 bridgehead atoms. The second kappa shape index (κ2) is 10.1. The summed E-state index contributed by atoms with van der Waals surface area (Å²) in [5, 5.41) is 0. The number of halogens is 3. The van der Waals surface area contributed by atoms with Crippen LogP contribution in [0.3, 0.4) is 0 Å². The van der Waals surface area contributed by atoms with Gasteiger partial charge in [-0.15, -0.1) is 0 Å². The van der Waals surface area contributed by atoms with Crippen molar-refractivity contribution < 1.29 is 13.3 Å². The minimum Gasteiger partial charge on any atom is 0 e. The number of hydrogen-bond donors (Lipinski definition) is 0. The summed E-state index contributed by atoms with van der Waals surface area (Å²) in [6.07, 6.45) is 0. The molecule has 0 N–H and O–H groups in total. The van der Waals surface area contributed by atoms with Crippen LogP contribution in [0.4, 0.5) is 0 Å². The molecule has 1 radical (unpaired) electrons. The zero-order valence-electron chi connectivity index (χ0n) is 2.13. The van der Waals surface area contributed by atoms with E-state index >= 15 is 0 Å². The van der Waals surface area contributed by atoms with Crippen molar-refractivity contribution in [3.05, 3.63) is 0 Å². The fourth-order valence-corrected chi connectivity index (χ4v) is 0. The summed E-state index contributed by atoms with van der Waals surface area (Å²) in [5.74, 6) is 0. The summed E-state index contributed by atoms with van der Waals surface area (Å²) in [7, 11) is 0. The summed E-state index contributed by atoms with van der Waals surface area (Å²) in [4.78, 5) is 0. The van der Waals surface area contributed by atoms with Crippen molar-refractivity contribution in [1.82, 2.24) is 0 Å². The van der Waals surface area contributed by atoms with E-state index in [1.807, 2.05) is 0 Å². The predicted octanol–water partition coefficient (Wildman–Crippen LogP) is -1.61. The first-order valence-electron chi connectivity index (χ1n) is 0.286. The third-order valence-corrected chi connectivity index (χ3v) is 0. The summed E-state index contributed by atoms with van der Waals surface area (Å²) in [6.45, 7) is 0. The molecule has 4 heteroatoms. The molecule has 0 aromatic rings. The van der Waals surface area contributed by atoms with Crippen molar-refractivity contribution in [3.63, 3.8) is 0 Å². The van der Waals surface area contributed by atoms with Crippen molar-refractivity contribution in [2.75, 3.05) is 0 Å². The Balaban J connectivity index is 0. The molecule has 0 heterocycles. The normalized spacial score (nSPS) is 5.50. The smallest absolute Gasteiger partial charge is 0 e. The SMILES string of the molecule is I[I-]I.[Rb]. The Morgan fingerprint density at radius 3 is 1.25 bits per heavy atom. The molecule has 0 nitrogen and oxygen atoms in total. The second-order valence-electron chi connectivity index (χ2n) is 0.0540. The van der Waals surface area contributed by atoms with E-state index in [-0.39, 0.29) is 58.2 Å². The topological polar surface area (TPSA) is 0 Å². The molecule has 0 aromatic carbocycles. The molecule has 23 valence electrons. The van der Waals surface area contributed by atoms with E-state index in [2.05, 4.69) is 37.2 Å². The van der Waals surface area contributed by atoms with Gasteiger partial charge in [-0.3, -0.25) is 0 Å². The van der Waals surface area contributed by atoms with E-state index in [0.717, 1.165) is 0 Å². The van der Waals surface area contributed by atoms with Crippen LogP contribution in [-0.4, -0.2) is 58.2 Å². The molecule has 0 fully saturated rings. The average Bonchev–Trinajstić information content (AvgIpc) is 0.918. The Labute approximate surface area is 105 Å². The first kappa shape index (κ1) is 10.9. The van der Waals surface area contributed by atoms with Crippen molar-refractivity contribution in [2.24, 2.45) is 0 Å². The van der Waals surface area contributed by atoms with Crippen LogP contribution >= 0.6 is 37.2 Å². The average molecular weight is 466 g/mol. The quantitative estimate of drug-likeness (QED) is 0.378. The number of rotatable bonds is 0. The maximum absolute atomic E-state index is 2.39. The zero-order chi connectivity index (χ0) is 2.71. The fraction of sp³-hybridized carbons (Fsp3) is 0. The van der Waals surface area contributed by atoms with Gasteiger partial charge in [0.2, 0.25) is 0 Å². The van der Waals surface area contributed by atoms with Gasteiger partial charge < -0.3 is 0 Å². The molecule has 0 aliphatic rings. The molecule has 0 unspecified atom stereocenters. The van der Waals surface area contributed by atoms with Gasteiger partial charge in [-0.2, -0.15) is 0 Å². The van der Waals surface area contributed by atoms with Gasteiger partial charge in [0, 0.05) is 58.2 Å². The molecule has 4 heavy (non-hydrogen) atoms. The Kier molecular flexibility index (Phi) is 27.4. The van der Waals surface area contributed by atoms with Crippen molar-refractivity contribution in [1.29, 1.82) is 0 Å². The Bertz CT molecular complexity index is 3.25. The maximum Gasteiger partial charge on any atom is 0 e. The van der Waals surface area contributed by atoms with Crippen LogP contribution in [-0.2, 0) is 0 Å². The molecular formula is I3Rb-. The van der Waals surface area contributed by atoms with Gasteiger partial charge in [-0.1, -0.05) is 0 Å². The summed E-state index contributed by atoms with van der Waals surface area (Å²) < 4.78 is 0. The largest absolute Gasteiger partial charge is 0 e. The van der Waals surface area contributed by atoms with E-state index in [9.17, 15) is 0 Å². The van der Waals surface area contributed by atoms with Crippen molar-refractivity contribution in [2.45, 2.75) is 0 Å². The third-order valence-electron chi connectivity index (χ3n) is 0. The van der Waals surface area contributed by atoms with Crippen LogP contribution in [0, 0.1) is 0 Å². The van der Waals surface area contributed by atoms with Gasteiger partial charge in [0.15, 0.2) is 0 Å². The second-order valence-corrected chi connectivity index (χ2v) is 16.3. The zero-order valence-corrected chi connectivity index (χ0v) is 13.5. The molecule has 0 spiro atoms. The summed E-state index contributed by atoms with van der Waals surface area (Å²) in [5.41, 5.74) is 0. The van der Waals surface area contributed by atoms with Crippen LogP contribution in [0.15, 0.2) is 0 Å². The van der Waals surface area contributed by atoms with Crippen LogP contribution in [0.25, 0.3) is 0 Å². The van der Waals surface area contributed by atoms with Gasteiger partial charge in [0.1, 0.15) is 0 Å². The number of hydrogen-bond acceptors (Lipinski definition) is 0. The summed E-state index contributed by atoms with van der Waals surface area (Å²) >= 11 is 5.30. The minimum atomic E-state index is 0. The monoisotopic (exact) mass is 466 g/mol. The van der Waals surface area contributed by atoms with Gasteiger partial charge >= 0.3 is 50.5 Å². The Morgan fingerprint density at radius 2 is 1.25 bits per heavy atom. The third kappa shape index (κ3) is 9.37. The molecule has 0 saturated carbocycles. The molecule has 0 aromatic heterocycles. The van der Waals surface area contributed by atoms with E-state index < -0.39 is 0 Å². The molecule has 0 aliphatic heterocycles. The molecular weight excluding hydrogens is 466 g/mol. The van der Waals surface area contributed by atoms with E-state index in [4.69, 9.17) is 0 Å². The van der Waals surface area contributed by atoms with Crippen LogP contribution in [0.5, 0.6) is 0 Å². The van der Waals surface area contributed by atoms with Crippen LogP contribution in [0.1, 0.15) is 0 Å². The standard InChI is InChI=1S/I3.Rb/c1-3-2;/q-1;. The maximum atomic E-state index is 2.39. The van der Waals surface area contributed by atoms with Gasteiger partial charge in [0.05, 0.1) is 0 Å². The van der Waals surface area contributed by atoms with Crippen LogP contribution < -0.4 is 13.3 Å². The van der Waals surface area contributed by atoms with E-state index in [1.165, 1.54) is 0 Å². The van der Waals surface area contributed by atoms with E-state index in [1.54, 1.807) is 0 Å². The molecule has 0 aliphatic carbocycles. The van der Waals surface area contributed by atoms with Crippen molar-refractivity contribution >= 4 is 95.4 Å². The minimum absolute atomic E-state index is 0. The molecule has 0 amide bonds. The molecule has 0 saturated heterocycles. The predicted molar refractivity (Wildman–Crippen MR) is 33.8 cm³/mol. The first-order chi connectivity index (χ1) is 1.41. The fourth-order valence-electron chi connectivity index (χ4n) is 0. The first-order valence-corrected chi connectivity index (χ1v) is 12.9. The Morgan fingerprint density at radius 1 is 1.25 bits per heavy atom. The van der Waals surface area contributed by atoms with Gasteiger partial charge in [-0.25, -0.2) is 0 Å². The van der Waals surface area contributed by atoms with Crippen molar-refractivity contribution in [3.8, 4) is 0 Å². The summed E-state index contributed by atoms with van der Waals surface area (Å²) in [6, 6.07) is 0.